The van der Waals surface area contributed by atoms with Crippen molar-refractivity contribution in [1.29, 1.82) is 0 Å². The van der Waals surface area contributed by atoms with Crippen molar-refractivity contribution >= 4 is 28.7 Å². The smallest absolute Gasteiger partial charge is 0.449 e. The number of aromatic nitrogens is 1. The fraction of sp³-hybridized carbons (Fsp3) is 0.158. The first-order chi connectivity index (χ1) is 12.9. The molecule has 0 amide bonds. The molecule has 0 spiro atoms. The van der Waals surface area contributed by atoms with Crippen LogP contribution in [0.25, 0.3) is 10.9 Å². The van der Waals surface area contributed by atoms with Gasteiger partial charge in [-0.05, 0) is 35.7 Å². The van der Waals surface area contributed by atoms with Crippen molar-refractivity contribution in [1.82, 2.24) is 4.57 Å². The lowest BCUT2D eigenvalue weighted by molar-refractivity contribution is 0.143. The summed E-state index contributed by atoms with van der Waals surface area (Å²) in [5.74, 6) is -0.887. The number of aliphatic hydroxyl groups excluding tert-OH is 1. The number of rotatable bonds is 5. The quantitative estimate of drug-likeness (QED) is 0.650. The van der Waals surface area contributed by atoms with Crippen LogP contribution in [0.2, 0.25) is 5.02 Å². The van der Waals surface area contributed by atoms with Crippen LogP contribution >= 0.6 is 11.6 Å². The molecule has 0 saturated heterocycles. The Labute approximate surface area is 158 Å². The first-order valence-corrected chi connectivity index (χ1v) is 8.39. The SMILES string of the molecule is O=C(O)Oc1cn(CCO)c2ccc(Cc3cccc(F)c3Cl)cc2c1=O. The number of carbonyl (C=O) groups is 1. The lowest BCUT2D eigenvalue weighted by Crippen LogP contribution is -2.17. The third-order valence-electron chi connectivity index (χ3n) is 4.08. The fourth-order valence-electron chi connectivity index (χ4n) is 2.89. The van der Waals surface area contributed by atoms with E-state index in [-0.39, 0.29) is 35.7 Å². The maximum Gasteiger partial charge on any atom is 0.511 e. The monoisotopic (exact) mass is 391 g/mol. The molecular weight excluding hydrogens is 377 g/mol. The number of halogens is 2. The molecule has 140 valence electrons. The number of fused-ring (bicyclic) bond motifs is 1. The molecule has 0 bridgehead atoms. The van der Waals surface area contributed by atoms with E-state index in [0.717, 1.165) is 0 Å². The zero-order chi connectivity index (χ0) is 19.6. The highest BCUT2D eigenvalue weighted by atomic mass is 35.5. The van der Waals surface area contributed by atoms with Gasteiger partial charge in [0.05, 0.1) is 23.3 Å². The number of ether oxygens (including phenoxy) is 1. The summed E-state index contributed by atoms with van der Waals surface area (Å²) in [6.45, 7) is -0.0486. The summed E-state index contributed by atoms with van der Waals surface area (Å²) in [5, 5.41) is 18.3. The van der Waals surface area contributed by atoms with Crippen molar-refractivity contribution in [3.05, 3.63) is 74.8 Å². The number of hydrogen-bond donors (Lipinski definition) is 2. The summed E-state index contributed by atoms with van der Waals surface area (Å²) in [6, 6.07) is 9.51. The Morgan fingerprint density at radius 1 is 1.26 bits per heavy atom. The molecule has 3 aromatic rings. The molecule has 0 atom stereocenters. The van der Waals surface area contributed by atoms with E-state index in [9.17, 15) is 19.1 Å². The molecule has 0 fully saturated rings. The van der Waals surface area contributed by atoms with Crippen molar-refractivity contribution in [2.45, 2.75) is 13.0 Å². The Morgan fingerprint density at radius 2 is 2.04 bits per heavy atom. The van der Waals surface area contributed by atoms with Crippen molar-refractivity contribution in [2.24, 2.45) is 0 Å². The number of pyridine rings is 1. The Bertz CT molecular complexity index is 1080. The average molecular weight is 392 g/mol. The Morgan fingerprint density at radius 3 is 2.74 bits per heavy atom. The molecule has 27 heavy (non-hydrogen) atoms. The summed E-state index contributed by atoms with van der Waals surface area (Å²) >= 11 is 5.99. The molecule has 0 unspecified atom stereocenters. The second kappa shape index (κ2) is 7.77. The van der Waals surface area contributed by atoms with E-state index < -0.39 is 17.4 Å². The van der Waals surface area contributed by atoms with E-state index in [1.54, 1.807) is 30.3 Å². The topological polar surface area (TPSA) is 88.8 Å². The van der Waals surface area contributed by atoms with Crippen molar-refractivity contribution < 1.29 is 24.1 Å². The molecule has 0 radical (unpaired) electrons. The van der Waals surface area contributed by atoms with Gasteiger partial charge in [-0.25, -0.2) is 9.18 Å². The van der Waals surface area contributed by atoms with Gasteiger partial charge >= 0.3 is 6.16 Å². The molecule has 3 rings (SSSR count). The summed E-state index contributed by atoms with van der Waals surface area (Å²) < 4.78 is 19.7. The van der Waals surface area contributed by atoms with Gasteiger partial charge in [0.15, 0.2) is 5.75 Å². The van der Waals surface area contributed by atoms with E-state index in [2.05, 4.69) is 4.74 Å². The van der Waals surface area contributed by atoms with Gasteiger partial charge < -0.3 is 19.5 Å². The first-order valence-electron chi connectivity index (χ1n) is 8.01. The lowest BCUT2D eigenvalue weighted by Gasteiger charge is -2.13. The number of carboxylic acid groups (broad SMARTS) is 1. The Hall–Kier alpha value is -2.90. The first kappa shape index (κ1) is 18.9. The normalized spacial score (nSPS) is 10.9. The molecule has 6 nitrogen and oxygen atoms in total. The van der Waals surface area contributed by atoms with Gasteiger partial charge in [0.25, 0.3) is 0 Å². The average Bonchev–Trinajstić information content (AvgIpc) is 2.63. The molecule has 1 aromatic heterocycles. The second-order valence-electron chi connectivity index (χ2n) is 5.85. The van der Waals surface area contributed by atoms with Crippen LogP contribution < -0.4 is 10.2 Å². The van der Waals surface area contributed by atoms with Crippen LogP contribution in [0.15, 0.2) is 47.4 Å². The minimum Gasteiger partial charge on any atom is -0.449 e. The van der Waals surface area contributed by atoms with Crippen molar-refractivity contribution in [3.63, 3.8) is 0 Å². The number of aliphatic hydroxyl groups is 1. The minimum atomic E-state index is -1.61. The van der Waals surface area contributed by atoms with Gasteiger partial charge in [0, 0.05) is 11.9 Å². The van der Waals surface area contributed by atoms with Crippen LogP contribution in [-0.4, -0.2) is 27.5 Å². The zero-order valence-corrected chi connectivity index (χ0v) is 14.7. The predicted octanol–water partition coefficient (Wildman–Crippen LogP) is 3.43. The van der Waals surface area contributed by atoms with E-state index >= 15 is 0 Å². The standard InChI is InChI=1S/C19H15ClFNO5/c20-17-12(2-1-3-14(17)21)8-11-4-5-15-13(9-11)18(24)16(27-19(25)26)10-22(15)6-7-23/h1-5,9-10,23H,6-8H2,(H,25,26). The second-order valence-corrected chi connectivity index (χ2v) is 6.23. The maximum atomic E-state index is 13.6. The van der Waals surface area contributed by atoms with Gasteiger partial charge in [0.1, 0.15) is 5.82 Å². The van der Waals surface area contributed by atoms with Gasteiger partial charge in [-0.1, -0.05) is 29.8 Å². The van der Waals surface area contributed by atoms with E-state index in [0.29, 0.717) is 16.6 Å². The summed E-state index contributed by atoms with van der Waals surface area (Å²) in [7, 11) is 0. The molecule has 0 aliphatic heterocycles. The lowest BCUT2D eigenvalue weighted by atomic mass is 10.0. The predicted molar refractivity (Wildman–Crippen MR) is 98.2 cm³/mol. The summed E-state index contributed by atoms with van der Waals surface area (Å²) in [4.78, 5) is 23.4. The van der Waals surface area contributed by atoms with Gasteiger partial charge in [-0.3, -0.25) is 4.79 Å². The highest BCUT2D eigenvalue weighted by Gasteiger charge is 2.14. The van der Waals surface area contributed by atoms with E-state index in [1.165, 1.54) is 16.8 Å². The molecular formula is C19H15ClFNO5. The van der Waals surface area contributed by atoms with Crippen molar-refractivity contribution in [2.75, 3.05) is 6.61 Å². The highest BCUT2D eigenvalue weighted by molar-refractivity contribution is 6.31. The third kappa shape index (κ3) is 3.94. The fourth-order valence-corrected chi connectivity index (χ4v) is 3.09. The largest absolute Gasteiger partial charge is 0.511 e. The highest BCUT2D eigenvalue weighted by Crippen LogP contribution is 2.24. The van der Waals surface area contributed by atoms with Gasteiger partial charge in [0.2, 0.25) is 5.43 Å². The van der Waals surface area contributed by atoms with Crippen LogP contribution in [0.1, 0.15) is 11.1 Å². The molecule has 1 heterocycles. The van der Waals surface area contributed by atoms with Crippen LogP contribution in [-0.2, 0) is 13.0 Å². The van der Waals surface area contributed by atoms with Crippen LogP contribution in [0.4, 0.5) is 9.18 Å². The number of hydrogen-bond acceptors (Lipinski definition) is 4. The molecule has 0 aliphatic carbocycles. The molecule has 2 N–H and O–H groups in total. The zero-order valence-electron chi connectivity index (χ0n) is 14.0. The maximum absolute atomic E-state index is 13.6. The van der Waals surface area contributed by atoms with Crippen LogP contribution in [0, 0.1) is 5.82 Å². The summed E-state index contributed by atoms with van der Waals surface area (Å²) in [5.41, 5.74) is 1.18. The van der Waals surface area contributed by atoms with Crippen LogP contribution in [0.3, 0.4) is 0 Å². The number of nitrogens with zero attached hydrogens (tertiary/aromatic N) is 1. The molecule has 0 aliphatic rings. The van der Waals surface area contributed by atoms with E-state index in [4.69, 9.17) is 16.7 Å². The van der Waals surface area contributed by atoms with Gasteiger partial charge in [-0.15, -0.1) is 0 Å². The molecule has 8 heteroatoms. The number of benzene rings is 2. The van der Waals surface area contributed by atoms with Gasteiger partial charge in [-0.2, -0.15) is 0 Å². The molecule has 2 aromatic carbocycles. The molecule has 0 saturated carbocycles. The Kier molecular flexibility index (Phi) is 5.43. The Balaban J connectivity index is 2.12. The van der Waals surface area contributed by atoms with E-state index in [1.807, 2.05) is 0 Å². The van der Waals surface area contributed by atoms with Crippen LogP contribution in [0.5, 0.6) is 5.75 Å². The third-order valence-corrected chi connectivity index (χ3v) is 4.50. The summed E-state index contributed by atoms with van der Waals surface area (Å²) in [6.07, 6.45) is -0.0709. The minimum absolute atomic E-state index is 0.0123. The van der Waals surface area contributed by atoms with Crippen molar-refractivity contribution in [3.8, 4) is 5.75 Å².